The molecule has 0 spiro atoms. The number of nitrogens with zero attached hydrogens (tertiary/aromatic N) is 1. The third kappa shape index (κ3) is 2.66. The first-order valence-corrected chi connectivity index (χ1v) is 5.57. The predicted molar refractivity (Wildman–Crippen MR) is 65.5 cm³/mol. The molecule has 0 saturated heterocycles. The van der Waals surface area contributed by atoms with Gasteiger partial charge in [-0.1, -0.05) is 24.3 Å². The minimum Gasteiger partial charge on any atom is -0.292 e. The Hall–Kier alpha value is -2.54. The van der Waals surface area contributed by atoms with Crippen molar-refractivity contribution < 1.29 is 13.6 Å². The summed E-state index contributed by atoms with van der Waals surface area (Å²) in [4.78, 5) is 12.1. The lowest BCUT2D eigenvalue weighted by atomic mass is 9.91. The summed E-state index contributed by atoms with van der Waals surface area (Å²) in [6, 6.07) is 12.3. The quantitative estimate of drug-likeness (QED) is 0.790. The molecule has 1 atom stereocenters. The van der Waals surface area contributed by atoms with Gasteiger partial charge in [-0.2, -0.15) is 5.26 Å². The van der Waals surface area contributed by atoms with Crippen molar-refractivity contribution in [1.29, 1.82) is 5.26 Å². The van der Waals surface area contributed by atoms with Gasteiger partial charge < -0.3 is 0 Å². The Kier molecular flexibility index (Phi) is 3.67. The van der Waals surface area contributed by atoms with Gasteiger partial charge in [0, 0.05) is 0 Å². The molecule has 94 valence electrons. The zero-order valence-corrected chi connectivity index (χ0v) is 9.81. The van der Waals surface area contributed by atoms with Gasteiger partial charge in [0.1, 0.15) is 17.6 Å². The second-order valence-electron chi connectivity index (χ2n) is 3.96. The van der Waals surface area contributed by atoms with Crippen molar-refractivity contribution in [2.24, 2.45) is 0 Å². The van der Waals surface area contributed by atoms with E-state index in [1.54, 1.807) is 0 Å². The molecule has 2 aromatic rings. The van der Waals surface area contributed by atoms with Gasteiger partial charge in [0.25, 0.3) is 0 Å². The third-order valence-corrected chi connectivity index (χ3v) is 2.73. The molecule has 0 aliphatic rings. The van der Waals surface area contributed by atoms with Gasteiger partial charge in [-0.3, -0.25) is 4.79 Å². The summed E-state index contributed by atoms with van der Waals surface area (Å²) in [6.07, 6.45) is 0. The van der Waals surface area contributed by atoms with Gasteiger partial charge >= 0.3 is 0 Å². The molecular weight excluding hydrogens is 248 g/mol. The minimum atomic E-state index is -1.14. The average Bonchev–Trinajstić information content (AvgIpc) is 2.42. The first-order chi connectivity index (χ1) is 9.13. The van der Waals surface area contributed by atoms with E-state index in [1.807, 2.05) is 6.07 Å². The van der Waals surface area contributed by atoms with Crippen molar-refractivity contribution >= 4 is 5.78 Å². The number of ketones is 1. The summed E-state index contributed by atoms with van der Waals surface area (Å²) >= 11 is 0. The number of carbonyl (C=O) groups excluding carboxylic acids is 1. The Bertz CT molecular complexity index is 644. The van der Waals surface area contributed by atoms with Crippen LogP contribution in [0.15, 0.2) is 48.5 Å². The maximum atomic E-state index is 13.5. The van der Waals surface area contributed by atoms with Crippen LogP contribution in [-0.2, 0) is 0 Å². The molecule has 0 heterocycles. The molecule has 1 unspecified atom stereocenters. The highest BCUT2D eigenvalue weighted by atomic mass is 19.1. The van der Waals surface area contributed by atoms with E-state index in [0.29, 0.717) is 5.56 Å². The molecule has 0 aromatic heterocycles. The smallest absolute Gasteiger partial charge is 0.187 e. The van der Waals surface area contributed by atoms with E-state index in [4.69, 9.17) is 5.26 Å². The van der Waals surface area contributed by atoms with Gasteiger partial charge in [0.15, 0.2) is 5.78 Å². The molecule has 2 aromatic carbocycles. The van der Waals surface area contributed by atoms with Crippen molar-refractivity contribution in [2.45, 2.75) is 5.92 Å². The minimum absolute atomic E-state index is 0.140. The summed E-state index contributed by atoms with van der Waals surface area (Å²) in [5.41, 5.74) is 0.204. The van der Waals surface area contributed by atoms with Crippen molar-refractivity contribution in [1.82, 2.24) is 0 Å². The van der Waals surface area contributed by atoms with Gasteiger partial charge in [-0.15, -0.1) is 0 Å². The zero-order chi connectivity index (χ0) is 13.8. The van der Waals surface area contributed by atoms with Crippen molar-refractivity contribution in [3.8, 4) is 6.07 Å². The fourth-order valence-corrected chi connectivity index (χ4v) is 1.76. The molecular formula is C15H9F2NO. The Morgan fingerprint density at radius 3 is 2.26 bits per heavy atom. The van der Waals surface area contributed by atoms with Crippen LogP contribution in [-0.4, -0.2) is 5.78 Å². The second kappa shape index (κ2) is 5.40. The Labute approximate surface area is 108 Å². The molecule has 0 aliphatic carbocycles. The van der Waals surface area contributed by atoms with Crippen LogP contribution in [0.4, 0.5) is 8.78 Å². The fraction of sp³-hybridized carbons (Fsp3) is 0.0667. The summed E-state index contributed by atoms with van der Waals surface area (Å²) in [7, 11) is 0. The van der Waals surface area contributed by atoms with Crippen LogP contribution in [0.3, 0.4) is 0 Å². The molecule has 0 bridgehead atoms. The summed E-state index contributed by atoms with van der Waals surface area (Å²) in [5, 5.41) is 9.08. The molecule has 0 fully saturated rings. The topological polar surface area (TPSA) is 40.9 Å². The number of Topliss-reactive ketones (excluding diaryl/α,β-unsaturated/α-hetero) is 1. The van der Waals surface area contributed by atoms with E-state index in [9.17, 15) is 13.6 Å². The predicted octanol–water partition coefficient (Wildman–Crippen LogP) is 3.45. The number of rotatable bonds is 3. The van der Waals surface area contributed by atoms with Crippen LogP contribution in [0.1, 0.15) is 21.8 Å². The lowest BCUT2D eigenvalue weighted by Crippen LogP contribution is -2.13. The van der Waals surface area contributed by atoms with E-state index in [1.165, 1.54) is 30.3 Å². The van der Waals surface area contributed by atoms with Gasteiger partial charge in [0.05, 0.1) is 11.6 Å². The monoisotopic (exact) mass is 257 g/mol. The maximum Gasteiger partial charge on any atom is 0.187 e. The van der Waals surface area contributed by atoms with E-state index in [0.717, 1.165) is 18.2 Å². The SMILES string of the molecule is N#CC(C(=O)c1ccccc1F)c1ccc(F)cc1. The van der Waals surface area contributed by atoms with E-state index >= 15 is 0 Å². The number of hydrogen-bond acceptors (Lipinski definition) is 2. The van der Waals surface area contributed by atoms with Crippen LogP contribution in [0.5, 0.6) is 0 Å². The molecule has 0 N–H and O–H groups in total. The normalized spacial score (nSPS) is 11.6. The summed E-state index contributed by atoms with van der Waals surface area (Å²) in [5.74, 6) is -2.90. The first kappa shape index (κ1) is 12.9. The molecule has 0 saturated carbocycles. The van der Waals surface area contributed by atoms with Crippen molar-refractivity contribution in [3.63, 3.8) is 0 Å². The van der Waals surface area contributed by atoms with E-state index in [-0.39, 0.29) is 5.56 Å². The highest BCUT2D eigenvalue weighted by Gasteiger charge is 2.23. The maximum absolute atomic E-state index is 13.5. The number of hydrogen-bond donors (Lipinski definition) is 0. The Morgan fingerprint density at radius 1 is 1.05 bits per heavy atom. The average molecular weight is 257 g/mol. The first-order valence-electron chi connectivity index (χ1n) is 5.57. The van der Waals surface area contributed by atoms with Crippen LogP contribution >= 0.6 is 0 Å². The zero-order valence-electron chi connectivity index (χ0n) is 9.81. The highest BCUT2D eigenvalue weighted by Crippen LogP contribution is 2.22. The van der Waals surface area contributed by atoms with Gasteiger partial charge in [0.2, 0.25) is 0 Å². The molecule has 19 heavy (non-hydrogen) atoms. The molecule has 0 aliphatic heterocycles. The van der Waals surface area contributed by atoms with Crippen LogP contribution in [0.25, 0.3) is 0 Å². The summed E-state index contributed by atoms with van der Waals surface area (Å²) < 4.78 is 26.3. The van der Waals surface area contributed by atoms with Crippen molar-refractivity contribution in [2.75, 3.05) is 0 Å². The summed E-state index contributed by atoms with van der Waals surface area (Å²) in [6.45, 7) is 0. The number of halogens is 2. The molecule has 2 nitrogen and oxygen atoms in total. The Morgan fingerprint density at radius 2 is 1.68 bits per heavy atom. The van der Waals surface area contributed by atoms with E-state index in [2.05, 4.69) is 0 Å². The van der Waals surface area contributed by atoms with Crippen LogP contribution in [0, 0.1) is 23.0 Å². The number of benzene rings is 2. The molecule has 0 amide bonds. The fourth-order valence-electron chi connectivity index (χ4n) is 1.76. The molecule has 2 rings (SSSR count). The third-order valence-electron chi connectivity index (χ3n) is 2.73. The second-order valence-corrected chi connectivity index (χ2v) is 3.96. The largest absolute Gasteiger partial charge is 0.292 e. The molecule has 4 heteroatoms. The lowest BCUT2D eigenvalue weighted by Gasteiger charge is -2.09. The van der Waals surface area contributed by atoms with Gasteiger partial charge in [-0.25, -0.2) is 8.78 Å². The Balaban J connectivity index is 2.38. The lowest BCUT2D eigenvalue weighted by molar-refractivity contribution is 0.0975. The van der Waals surface area contributed by atoms with Gasteiger partial charge in [-0.05, 0) is 29.8 Å². The number of nitriles is 1. The highest BCUT2D eigenvalue weighted by molar-refractivity contribution is 6.02. The number of carbonyl (C=O) groups is 1. The van der Waals surface area contributed by atoms with E-state index < -0.39 is 23.3 Å². The van der Waals surface area contributed by atoms with Crippen molar-refractivity contribution in [3.05, 3.63) is 71.3 Å². The standard InChI is InChI=1S/C15H9F2NO/c16-11-7-5-10(6-8-11)13(9-18)15(19)12-3-1-2-4-14(12)17/h1-8,13H. The van der Waals surface area contributed by atoms with Crippen LogP contribution < -0.4 is 0 Å². The molecule has 0 radical (unpaired) electrons. The van der Waals surface area contributed by atoms with Crippen LogP contribution in [0.2, 0.25) is 0 Å².